The molecule has 2 nitrogen and oxygen atoms in total. The molecule has 0 aliphatic rings. The Kier molecular flexibility index (Phi) is 2.19. The van der Waals surface area contributed by atoms with Crippen molar-refractivity contribution in [3.8, 4) is 5.75 Å². The second-order valence-corrected chi connectivity index (χ2v) is 3.74. The fourth-order valence-corrected chi connectivity index (χ4v) is 1.87. The molecule has 0 amide bonds. The average Bonchev–Trinajstić information content (AvgIpc) is 2.49. The summed E-state index contributed by atoms with van der Waals surface area (Å²) < 4.78 is 5.31. The predicted molar refractivity (Wildman–Crippen MR) is 55.1 cm³/mol. The zero-order valence-corrected chi connectivity index (χ0v) is 8.10. The molecule has 13 heavy (non-hydrogen) atoms. The van der Waals surface area contributed by atoms with E-state index in [0.717, 1.165) is 16.7 Å². The summed E-state index contributed by atoms with van der Waals surface area (Å²) in [4.78, 5) is 0. The Hall–Kier alpha value is -1.09. The third-order valence-electron chi connectivity index (χ3n) is 1.94. The van der Waals surface area contributed by atoms with Crippen molar-refractivity contribution in [3.05, 3.63) is 30.0 Å². The predicted octanol–water partition coefficient (Wildman–Crippen LogP) is 3.00. The van der Waals surface area contributed by atoms with Gasteiger partial charge in [-0.1, -0.05) is 0 Å². The van der Waals surface area contributed by atoms with Gasteiger partial charge in [-0.3, -0.25) is 0 Å². The van der Waals surface area contributed by atoms with Crippen molar-refractivity contribution < 1.29 is 9.52 Å². The number of aromatic hydroxyl groups is 1. The number of hydrogen-bond donors (Lipinski definition) is 1. The van der Waals surface area contributed by atoms with E-state index in [1.165, 1.54) is 5.56 Å². The molecule has 1 heterocycles. The van der Waals surface area contributed by atoms with Crippen LogP contribution in [0.2, 0.25) is 0 Å². The van der Waals surface area contributed by atoms with E-state index in [1.807, 2.05) is 6.07 Å². The highest BCUT2D eigenvalue weighted by molar-refractivity contribution is 7.97. The highest BCUT2D eigenvalue weighted by atomic mass is 32.2. The summed E-state index contributed by atoms with van der Waals surface area (Å²) in [6, 6.07) is 5.21. The number of phenolic OH excluding ortho intramolecular Hbond substituents is 1. The van der Waals surface area contributed by atoms with Crippen LogP contribution in [0.25, 0.3) is 11.0 Å². The monoisotopic (exact) mass is 194 g/mol. The van der Waals surface area contributed by atoms with E-state index in [9.17, 15) is 5.11 Å². The third-order valence-corrected chi connectivity index (χ3v) is 2.54. The molecule has 68 valence electrons. The topological polar surface area (TPSA) is 33.4 Å². The molecule has 1 aromatic heterocycles. The lowest BCUT2D eigenvalue weighted by Gasteiger charge is -1.93. The van der Waals surface area contributed by atoms with Gasteiger partial charge in [0.2, 0.25) is 0 Å². The van der Waals surface area contributed by atoms with E-state index < -0.39 is 0 Å². The molecule has 0 spiro atoms. The number of furan rings is 1. The minimum absolute atomic E-state index is 0.248. The number of rotatable bonds is 2. The summed E-state index contributed by atoms with van der Waals surface area (Å²) in [5, 5.41) is 10.3. The first-order valence-corrected chi connectivity index (χ1v) is 5.38. The summed E-state index contributed by atoms with van der Waals surface area (Å²) in [5.41, 5.74) is 1.94. The van der Waals surface area contributed by atoms with Crippen LogP contribution in [0.1, 0.15) is 5.56 Å². The molecule has 3 heteroatoms. The van der Waals surface area contributed by atoms with Gasteiger partial charge in [0.05, 0.1) is 6.26 Å². The SMILES string of the molecule is CSCc1coc2cc(O)ccc12. The van der Waals surface area contributed by atoms with Gasteiger partial charge in [0, 0.05) is 22.8 Å². The Morgan fingerprint density at radius 3 is 3.08 bits per heavy atom. The summed E-state index contributed by atoms with van der Waals surface area (Å²) >= 11 is 1.76. The normalized spacial score (nSPS) is 10.8. The number of thioether (sulfide) groups is 1. The molecule has 0 saturated heterocycles. The molecule has 0 radical (unpaired) electrons. The Bertz CT molecular complexity index is 420. The van der Waals surface area contributed by atoms with Crippen LogP contribution >= 0.6 is 11.8 Å². The maximum Gasteiger partial charge on any atom is 0.137 e. The van der Waals surface area contributed by atoms with Gasteiger partial charge in [-0.25, -0.2) is 0 Å². The minimum atomic E-state index is 0.248. The highest BCUT2D eigenvalue weighted by Gasteiger charge is 2.04. The quantitative estimate of drug-likeness (QED) is 0.797. The van der Waals surface area contributed by atoms with Gasteiger partial charge in [0.25, 0.3) is 0 Å². The van der Waals surface area contributed by atoms with Crippen molar-refractivity contribution in [2.24, 2.45) is 0 Å². The molecule has 0 fully saturated rings. The van der Waals surface area contributed by atoms with E-state index in [1.54, 1.807) is 30.2 Å². The van der Waals surface area contributed by atoms with Gasteiger partial charge in [-0.05, 0) is 18.4 Å². The molecular weight excluding hydrogens is 184 g/mol. The average molecular weight is 194 g/mol. The summed E-state index contributed by atoms with van der Waals surface area (Å²) in [6.07, 6.45) is 3.81. The molecule has 0 unspecified atom stereocenters. The largest absolute Gasteiger partial charge is 0.508 e. The molecule has 2 aromatic rings. The highest BCUT2D eigenvalue weighted by Crippen LogP contribution is 2.26. The maximum absolute atomic E-state index is 9.20. The van der Waals surface area contributed by atoms with Crippen LogP contribution in [-0.4, -0.2) is 11.4 Å². The Labute approximate surface area is 80.6 Å². The lowest BCUT2D eigenvalue weighted by atomic mass is 10.2. The van der Waals surface area contributed by atoms with Gasteiger partial charge in [0.1, 0.15) is 11.3 Å². The number of benzene rings is 1. The van der Waals surface area contributed by atoms with Crippen molar-refractivity contribution in [2.75, 3.05) is 6.26 Å². The molecule has 1 N–H and O–H groups in total. The first-order chi connectivity index (χ1) is 6.31. The zero-order valence-electron chi connectivity index (χ0n) is 7.28. The molecule has 0 bridgehead atoms. The molecule has 0 atom stereocenters. The van der Waals surface area contributed by atoms with E-state index in [0.29, 0.717) is 0 Å². The second-order valence-electron chi connectivity index (χ2n) is 2.87. The Balaban J connectivity index is 2.55. The molecule has 1 aromatic carbocycles. The molecule has 0 aliphatic carbocycles. The van der Waals surface area contributed by atoms with Crippen molar-refractivity contribution in [1.29, 1.82) is 0 Å². The smallest absolute Gasteiger partial charge is 0.137 e. The van der Waals surface area contributed by atoms with E-state index >= 15 is 0 Å². The molecule has 0 saturated carbocycles. The molecule has 0 aliphatic heterocycles. The van der Waals surface area contributed by atoms with E-state index in [-0.39, 0.29) is 5.75 Å². The molecule has 2 rings (SSSR count). The van der Waals surface area contributed by atoms with E-state index in [2.05, 4.69) is 6.26 Å². The first-order valence-electron chi connectivity index (χ1n) is 3.99. The lowest BCUT2D eigenvalue weighted by molar-refractivity contribution is 0.474. The molecular formula is C10H10O2S. The number of fused-ring (bicyclic) bond motifs is 1. The maximum atomic E-state index is 9.20. The summed E-state index contributed by atoms with van der Waals surface area (Å²) in [5.74, 6) is 1.19. The number of phenols is 1. The minimum Gasteiger partial charge on any atom is -0.508 e. The fraction of sp³-hybridized carbons (Fsp3) is 0.200. The Morgan fingerprint density at radius 1 is 1.46 bits per heavy atom. The van der Waals surface area contributed by atoms with Gasteiger partial charge < -0.3 is 9.52 Å². The first kappa shape index (κ1) is 8.51. The van der Waals surface area contributed by atoms with Crippen molar-refractivity contribution in [1.82, 2.24) is 0 Å². The van der Waals surface area contributed by atoms with Crippen molar-refractivity contribution in [2.45, 2.75) is 5.75 Å². The van der Waals surface area contributed by atoms with Crippen LogP contribution in [-0.2, 0) is 5.75 Å². The van der Waals surface area contributed by atoms with Crippen LogP contribution in [0.15, 0.2) is 28.9 Å². The van der Waals surface area contributed by atoms with Crippen LogP contribution in [0.4, 0.5) is 0 Å². The standard InChI is InChI=1S/C10H10O2S/c1-13-6-7-5-12-10-4-8(11)2-3-9(7)10/h2-5,11H,6H2,1H3. The van der Waals surface area contributed by atoms with Gasteiger partial charge in [0.15, 0.2) is 0 Å². The van der Waals surface area contributed by atoms with Gasteiger partial charge >= 0.3 is 0 Å². The van der Waals surface area contributed by atoms with Gasteiger partial charge in [-0.2, -0.15) is 11.8 Å². The fourth-order valence-electron chi connectivity index (χ4n) is 1.34. The van der Waals surface area contributed by atoms with Crippen LogP contribution < -0.4 is 0 Å². The van der Waals surface area contributed by atoms with Gasteiger partial charge in [-0.15, -0.1) is 0 Å². The zero-order chi connectivity index (χ0) is 9.26. The van der Waals surface area contributed by atoms with Crippen LogP contribution in [0.3, 0.4) is 0 Å². The van der Waals surface area contributed by atoms with Crippen molar-refractivity contribution in [3.63, 3.8) is 0 Å². The van der Waals surface area contributed by atoms with Crippen LogP contribution in [0.5, 0.6) is 5.75 Å². The Morgan fingerprint density at radius 2 is 2.31 bits per heavy atom. The van der Waals surface area contributed by atoms with E-state index in [4.69, 9.17) is 4.42 Å². The van der Waals surface area contributed by atoms with Crippen LogP contribution in [0, 0.1) is 0 Å². The summed E-state index contributed by atoms with van der Waals surface area (Å²) in [6.45, 7) is 0. The number of hydrogen-bond acceptors (Lipinski definition) is 3. The third kappa shape index (κ3) is 1.52. The second kappa shape index (κ2) is 3.34. The van der Waals surface area contributed by atoms with Crippen molar-refractivity contribution >= 4 is 22.7 Å². The summed E-state index contributed by atoms with van der Waals surface area (Å²) in [7, 11) is 0. The lowest BCUT2D eigenvalue weighted by Crippen LogP contribution is -1.74.